The van der Waals surface area contributed by atoms with Gasteiger partial charge in [-0.15, -0.1) is 0 Å². The van der Waals surface area contributed by atoms with Crippen molar-refractivity contribution in [1.29, 1.82) is 0 Å². The molecule has 20 heavy (non-hydrogen) atoms. The molecule has 0 aromatic carbocycles. The van der Waals surface area contributed by atoms with E-state index in [0.29, 0.717) is 18.0 Å². The highest BCUT2D eigenvalue weighted by Crippen LogP contribution is 2.23. The van der Waals surface area contributed by atoms with Crippen molar-refractivity contribution in [2.45, 2.75) is 64.6 Å². The van der Waals surface area contributed by atoms with Crippen LogP contribution in [0, 0.1) is 0 Å². The minimum absolute atomic E-state index is 0.0522. The predicted molar refractivity (Wildman–Crippen MR) is 82.0 cm³/mol. The van der Waals surface area contributed by atoms with Gasteiger partial charge in [-0.05, 0) is 40.2 Å². The summed E-state index contributed by atoms with van der Waals surface area (Å²) in [5.41, 5.74) is 6.56. The third kappa shape index (κ3) is 3.42. The molecule has 0 atom stereocenters. The van der Waals surface area contributed by atoms with E-state index in [4.69, 9.17) is 5.73 Å². The highest BCUT2D eigenvalue weighted by Gasteiger charge is 2.28. The molecule has 0 spiro atoms. The fourth-order valence-corrected chi connectivity index (χ4v) is 4.07. The Morgan fingerprint density at radius 1 is 1.30 bits per heavy atom. The molecule has 1 aromatic heterocycles. The zero-order valence-electron chi connectivity index (χ0n) is 13.1. The number of aromatic nitrogens is 1. The summed E-state index contributed by atoms with van der Waals surface area (Å²) in [4.78, 5) is 0.341. The molecule has 5 nitrogen and oxygen atoms in total. The van der Waals surface area contributed by atoms with E-state index in [-0.39, 0.29) is 12.1 Å². The van der Waals surface area contributed by atoms with Crippen LogP contribution in [0.2, 0.25) is 0 Å². The summed E-state index contributed by atoms with van der Waals surface area (Å²) in [6.45, 7) is 10.7. The second-order valence-electron chi connectivity index (χ2n) is 5.58. The average molecular weight is 301 g/mol. The quantitative estimate of drug-likeness (QED) is 0.840. The largest absolute Gasteiger partial charge is 0.346 e. The lowest BCUT2D eigenvalue weighted by Crippen LogP contribution is -2.37. The molecule has 0 unspecified atom stereocenters. The van der Waals surface area contributed by atoms with Crippen LogP contribution in [0.5, 0.6) is 0 Å². The molecule has 2 N–H and O–H groups in total. The maximum absolute atomic E-state index is 12.7. The van der Waals surface area contributed by atoms with Crippen molar-refractivity contribution in [3.8, 4) is 0 Å². The minimum atomic E-state index is -3.45. The molecule has 0 radical (unpaired) electrons. The molecule has 6 heteroatoms. The second kappa shape index (κ2) is 6.74. The zero-order valence-corrected chi connectivity index (χ0v) is 13.9. The van der Waals surface area contributed by atoms with Crippen LogP contribution in [0.15, 0.2) is 17.2 Å². The number of sulfonamides is 1. The Bertz CT molecular complexity index is 533. The van der Waals surface area contributed by atoms with Gasteiger partial charge in [0.25, 0.3) is 0 Å². The van der Waals surface area contributed by atoms with Crippen molar-refractivity contribution in [2.75, 3.05) is 6.54 Å². The first-order valence-electron chi connectivity index (χ1n) is 7.18. The van der Waals surface area contributed by atoms with Crippen molar-refractivity contribution in [3.63, 3.8) is 0 Å². The Morgan fingerprint density at radius 3 is 2.25 bits per heavy atom. The van der Waals surface area contributed by atoms with Gasteiger partial charge in [0.1, 0.15) is 4.90 Å². The van der Waals surface area contributed by atoms with Crippen LogP contribution < -0.4 is 5.73 Å². The minimum Gasteiger partial charge on any atom is -0.346 e. The van der Waals surface area contributed by atoms with Gasteiger partial charge in [-0.25, -0.2) is 8.42 Å². The molecule has 0 amide bonds. The van der Waals surface area contributed by atoms with Crippen LogP contribution in [0.3, 0.4) is 0 Å². The lowest BCUT2D eigenvalue weighted by Gasteiger charge is -2.24. The van der Waals surface area contributed by atoms with Crippen LogP contribution >= 0.6 is 0 Å². The molecule has 0 saturated carbocycles. The SMILES string of the molecule is CCCN(C(C)C)S(=O)(=O)c1cc(CN)n(C(C)C)c1. The highest BCUT2D eigenvalue weighted by atomic mass is 32.2. The number of hydrogen-bond donors (Lipinski definition) is 1. The maximum atomic E-state index is 12.7. The van der Waals surface area contributed by atoms with Crippen LogP contribution in [-0.2, 0) is 16.6 Å². The van der Waals surface area contributed by atoms with Gasteiger partial charge in [-0.1, -0.05) is 6.92 Å². The van der Waals surface area contributed by atoms with Gasteiger partial charge in [-0.2, -0.15) is 4.31 Å². The Labute approximate surface area is 122 Å². The third-order valence-electron chi connectivity index (χ3n) is 3.30. The van der Waals surface area contributed by atoms with Gasteiger partial charge >= 0.3 is 0 Å². The molecule has 0 bridgehead atoms. The highest BCUT2D eigenvalue weighted by molar-refractivity contribution is 7.89. The maximum Gasteiger partial charge on any atom is 0.244 e. The van der Waals surface area contributed by atoms with Crippen molar-refractivity contribution >= 4 is 10.0 Å². The van der Waals surface area contributed by atoms with Crippen molar-refractivity contribution in [1.82, 2.24) is 8.87 Å². The van der Waals surface area contributed by atoms with Crippen molar-refractivity contribution in [2.24, 2.45) is 5.73 Å². The van der Waals surface area contributed by atoms with Crippen LogP contribution in [0.25, 0.3) is 0 Å². The monoisotopic (exact) mass is 301 g/mol. The molecule has 0 fully saturated rings. The van der Waals surface area contributed by atoms with Gasteiger partial charge < -0.3 is 10.3 Å². The molecule has 0 aliphatic carbocycles. The zero-order chi connectivity index (χ0) is 15.5. The lowest BCUT2D eigenvalue weighted by molar-refractivity contribution is 0.354. The molecule has 1 rings (SSSR count). The predicted octanol–water partition coefficient (Wildman–Crippen LogP) is 2.34. The Balaban J connectivity index is 3.27. The van der Waals surface area contributed by atoms with Gasteiger partial charge in [0.05, 0.1) is 0 Å². The first-order valence-corrected chi connectivity index (χ1v) is 8.62. The molecule has 1 aromatic rings. The van der Waals surface area contributed by atoms with Gasteiger partial charge in [0.15, 0.2) is 0 Å². The molecule has 116 valence electrons. The van der Waals surface area contributed by atoms with Crippen molar-refractivity contribution < 1.29 is 8.42 Å². The first-order chi connectivity index (χ1) is 9.25. The standard InChI is InChI=1S/C14H27N3O2S/c1-6-7-17(12(4)5)20(18,19)14-8-13(9-15)16(10-14)11(2)3/h8,10-12H,6-7,9,15H2,1-5H3. The molecule has 1 heterocycles. The van der Waals surface area contributed by atoms with Crippen LogP contribution in [0.1, 0.15) is 52.8 Å². The van der Waals surface area contributed by atoms with Crippen LogP contribution in [0.4, 0.5) is 0 Å². The average Bonchev–Trinajstić information content (AvgIpc) is 2.80. The molecule has 0 aliphatic heterocycles. The summed E-state index contributed by atoms with van der Waals surface area (Å²) >= 11 is 0. The third-order valence-corrected chi connectivity index (χ3v) is 5.34. The summed E-state index contributed by atoms with van der Waals surface area (Å²) < 4.78 is 29.0. The van der Waals surface area contributed by atoms with E-state index in [1.807, 2.05) is 39.2 Å². The second-order valence-corrected chi connectivity index (χ2v) is 7.47. The van der Waals surface area contributed by atoms with E-state index >= 15 is 0 Å². The Kier molecular flexibility index (Phi) is 5.79. The normalized spacial score (nSPS) is 12.8. The lowest BCUT2D eigenvalue weighted by atomic mass is 10.3. The number of rotatable bonds is 7. The van der Waals surface area contributed by atoms with E-state index in [0.717, 1.165) is 12.1 Å². The Hall–Kier alpha value is -0.850. The van der Waals surface area contributed by atoms with E-state index in [2.05, 4.69) is 0 Å². The Morgan fingerprint density at radius 2 is 1.90 bits per heavy atom. The summed E-state index contributed by atoms with van der Waals surface area (Å²) in [6, 6.07) is 1.83. The van der Waals surface area contributed by atoms with Gasteiger partial charge in [-0.3, -0.25) is 0 Å². The number of nitrogens with zero attached hydrogens (tertiary/aromatic N) is 2. The summed E-state index contributed by atoms with van der Waals surface area (Å²) in [5.74, 6) is 0. The summed E-state index contributed by atoms with van der Waals surface area (Å²) in [5, 5.41) is 0. The molecule has 0 saturated heterocycles. The number of hydrogen-bond acceptors (Lipinski definition) is 3. The molecular formula is C14H27N3O2S. The molecule has 0 aliphatic rings. The summed E-state index contributed by atoms with van der Waals surface area (Å²) in [7, 11) is -3.45. The fraction of sp³-hybridized carbons (Fsp3) is 0.714. The van der Waals surface area contributed by atoms with E-state index in [9.17, 15) is 8.42 Å². The van der Waals surface area contributed by atoms with E-state index < -0.39 is 10.0 Å². The van der Waals surface area contributed by atoms with E-state index in [1.54, 1.807) is 16.6 Å². The van der Waals surface area contributed by atoms with Crippen LogP contribution in [-0.4, -0.2) is 29.9 Å². The molecular weight excluding hydrogens is 274 g/mol. The van der Waals surface area contributed by atoms with Crippen molar-refractivity contribution in [3.05, 3.63) is 18.0 Å². The first kappa shape index (κ1) is 17.2. The summed E-state index contributed by atoms with van der Waals surface area (Å²) in [6.07, 6.45) is 2.50. The van der Waals surface area contributed by atoms with E-state index in [1.165, 1.54) is 0 Å². The smallest absolute Gasteiger partial charge is 0.244 e. The van der Waals surface area contributed by atoms with Gasteiger partial charge in [0, 0.05) is 37.1 Å². The van der Waals surface area contributed by atoms with Gasteiger partial charge in [0.2, 0.25) is 10.0 Å². The number of nitrogens with two attached hydrogens (primary N) is 1. The fourth-order valence-electron chi connectivity index (χ4n) is 2.29. The topological polar surface area (TPSA) is 68.3 Å².